The molecule has 2 aromatic heterocycles. The number of piperazine rings is 1. The molecule has 43 heavy (non-hydrogen) atoms. The topological polar surface area (TPSA) is 66.2 Å². The number of carbonyl (C=O) groups excluding carboxylic acids is 1. The van der Waals surface area contributed by atoms with Crippen molar-refractivity contribution in [1.82, 2.24) is 19.8 Å². The van der Waals surface area contributed by atoms with Gasteiger partial charge in [-0.05, 0) is 80.1 Å². The first-order valence-corrected chi connectivity index (χ1v) is 15.7. The van der Waals surface area contributed by atoms with Gasteiger partial charge in [0.15, 0.2) is 0 Å². The number of ether oxygens (including phenoxy) is 1. The van der Waals surface area contributed by atoms with Crippen LogP contribution in [-0.2, 0) is 4.79 Å². The summed E-state index contributed by atoms with van der Waals surface area (Å²) < 4.78 is 23.5. The summed E-state index contributed by atoms with van der Waals surface area (Å²) in [6, 6.07) is 11.2. The molecule has 0 N–H and O–H groups in total. The Hall–Kier alpha value is -4.07. The minimum atomic E-state index is -0.352. The van der Waals surface area contributed by atoms with Gasteiger partial charge in [-0.1, -0.05) is 18.7 Å². The van der Waals surface area contributed by atoms with Crippen LogP contribution in [0.2, 0.25) is 0 Å². The second-order valence-corrected chi connectivity index (χ2v) is 12.6. The third-order valence-corrected chi connectivity index (χ3v) is 10.2. The van der Waals surface area contributed by atoms with E-state index in [2.05, 4.69) is 16.3 Å². The average Bonchev–Trinajstić information content (AvgIpc) is 3.75. The Morgan fingerprint density at radius 3 is 2.77 bits per heavy atom. The standard InChI is InChI=1S/C33H33FN6O2S/c1-3-30(41)40-15-14-38(20-22(40)19-35-2)31-26-17-27(34)25(23-7-4-8-29-24(23)9-16-43-29)18-28(26)36-32(37-31)42-21-33-10-5-12-39(33)13-6-11-33/h3-4,7-9,16-18,22H,1,5-6,10-15,19-21H2/t22-/m0/s1. The van der Waals surface area contributed by atoms with Crippen molar-refractivity contribution in [3.8, 4) is 17.1 Å². The van der Waals surface area contributed by atoms with Gasteiger partial charge < -0.3 is 19.4 Å². The van der Waals surface area contributed by atoms with E-state index in [1.165, 1.54) is 25.0 Å². The lowest BCUT2D eigenvalue weighted by Crippen LogP contribution is -2.56. The van der Waals surface area contributed by atoms with Gasteiger partial charge in [0.1, 0.15) is 24.3 Å². The molecule has 0 bridgehead atoms. The fourth-order valence-electron chi connectivity index (χ4n) is 7.23. The summed E-state index contributed by atoms with van der Waals surface area (Å²) in [6.07, 6.45) is 5.83. The summed E-state index contributed by atoms with van der Waals surface area (Å²) in [5.41, 5.74) is 1.93. The van der Waals surface area contributed by atoms with E-state index in [4.69, 9.17) is 21.3 Å². The molecule has 220 valence electrons. The molecule has 3 aliphatic heterocycles. The monoisotopic (exact) mass is 596 g/mol. The fraction of sp³-hybridized carbons (Fsp3) is 0.394. The average molecular weight is 597 g/mol. The molecule has 3 fully saturated rings. The number of fused-ring (bicyclic) bond motifs is 3. The summed E-state index contributed by atoms with van der Waals surface area (Å²) >= 11 is 1.63. The van der Waals surface area contributed by atoms with Crippen molar-refractivity contribution in [3.63, 3.8) is 0 Å². The molecule has 10 heteroatoms. The largest absolute Gasteiger partial charge is 0.461 e. The Labute approximate surface area is 254 Å². The molecule has 0 saturated carbocycles. The van der Waals surface area contributed by atoms with Crippen LogP contribution in [0, 0.1) is 12.4 Å². The summed E-state index contributed by atoms with van der Waals surface area (Å²) in [7, 11) is 0. The van der Waals surface area contributed by atoms with Crippen LogP contribution in [0.4, 0.5) is 10.2 Å². The van der Waals surface area contributed by atoms with Gasteiger partial charge in [-0.3, -0.25) is 9.69 Å². The molecule has 4 aromatic rings. The molecule has 1 atom stereocenters. The Morgan fingerprint density at radius 1 is 1.14 bits per heavy atom. The number of aromatic nitrogens is 2. The lowest BCUT2D eigenvalue weighted by Gasteiger charge is -2.39. The zero-order chi connectivity index (χ0) is 29.6. The maximum Gasteiger partial charge on any atom is 0.319 e. The molecule has 1 amide bonds. The van der Waals surface area contributed by atoms with Gasteiger partial charge in [0.2, 0.25) is 12.5 Å². The minimum Gasteiger partial charge on any atom is -0.461 e. The van der Waals surface area contributed by atoms with Crippen LogP contribution in [0.5, 0.6) is 6.01 Å². The third-order valence-electron chi connectivity index (χ3n) is 9.35. The van der Waals surface area contributed by atoms with Crippen molar-refractivity contribution in [1.29, 1.82) is 0 Å². The second-order valence-electron chi connectivity index (χ2n) is 11.7. The Morgan fingerprint density at radius 2 is 1.98 bits per heavy atom. The zero-order valence-electron chi connectivity index (χ0n) is 24.0. The third kappa shape index (κ3) is 4.90. The number of hydrogen-bond acceptors (Lipinski definition) is 7. The van der Waals surface area contributed by atoms with Gasteiger partial charge in [0.25, 0.3) is 0 Å². The second kappa shape index (κ2) is 11.2. The van der Waals surface area contributed by atoms with E-state index in [0.717, 1.165) is 41.6 Å². The van der Waals surface area contributed by atoms with Gasteiger partial charge in [0.05, 0.1) is 11.1 Å². The van der Waals surface area contributed by atoms with Crippen LogP contribution >= 0.6 is 11.3 Å². The molecular formula is C33H33FN6O2S. The predicted octanol–water partition coefficient (Wildman–Crippen LogP) is 5.78. The Bertz CT molecular complexity index is 1760. The molecule has 5 heterocycles. The van der Waals surface area contributed by atoms with E-state index in [-0.39, 0.29) is 35.9 Å². The van der Waals surface area contributed by atoms with Crippen LogP contribution in [-0.4, -0.2) is 83.1 Å². The van der Waals surface area contributed by atoms with Crippen molar-refractivity contribution in [3.05, 3.63) is 71.7 Å². The lowest BCUT2D eigenvalue weighted by molar-refractivity contribution is -0.128. The molecule has 0 unspecified atom stereocenters. The number of halogens is 1. The van der Waals surface area contributed by atoms with Gasteiger partial charge in [0, 0.05) is 40.7 Å². The summed E-state index contributed by atoms with van der Waals surface area (Å²) in [6.45, 7) is 15.3. The van der Waals surface area contributed by atoms with Crippen molar-refractivity contribution in [2.45, 2.75) is 37.3 Å². The van der Waals surface area contributed by atoms with E-state index in [1.54, 1.807) is 22.3 Å². The zero-order valence-corrected chi connectivity index (χ0v) is 24.8. The number of carbonyl (C=O) groups is 1. The van der Waals surface area contributed by atoms with Crippen LogP contribution in [0.15, 0.2) is 54.4 Å². The first-order chi connectivity index (χ1) is 21.0. The van der Waals surface area contributed by atoms with Gasteiger partial charge in [-0.2, -0.15) is 9.97 Å². The molecular weight excluding hydrogens is 563 g/mol. The number of nitrogens with zero attached hydrogens (tertiary/aromatic N) is 6. The van der Waals surface area contributed by atoms with Crippen LogP contribution in [0.25, 0.3) is 37.0 Å². The molecule has 0 aliphatic carbocycles. The van der Waals surface area contributed by atoms with Gasteiger partial charge >= 0.3 is 6.01 Å². The lowest BCUT2D eigenvalue weighted by atomic mass is 9.95. The van der Waals surface area contributed by atoms with Gasteiger partial charge in [-0.25, -0.2) is 11.0 Å². The highest BCUT2D eigenvalue weighted by Gasteiger charge is 2.45. The highest BCUT2D eigenvalue weighted by molar-refractivity contribution is 7.17. The first kappa shape index (κ1) is 27.7. The Kier molecular flexibility index (Phi) is 7.23. The maximum absolute atomic E-state index is 16.0. The molecule has 3 aliphatic rings. The van der Waals surface area contributed by atoms with Crippen molar-refractivity contribution in [2.24, 2.45) is 0 Å². The molecule has 0 radical (unpaired) electrons. The normalized spacial score (nSPS) is 20.0. The number of rotatable bonds is 7. The van der Waals surface area contributed by atoms with Crippen molar-refractivity contribution in [2.75, 3.05) is 50.8 Å². The van der Waals surface area contributed by atoms with E-state index in [9.17, 15) is 4.79 Å². The molecule has 3 saturated heterocycles. The van der Waals surface area contributed by atoms with Crippen molar-refractivity contribution >= 4 is 44.1 Å². The van der Waals surface area contributed by atoms with E-state index in [0.29, 0.717) is 48.5 Å². The molecule has 2 aromatic carbocycles. The summed E-state index contributed by atoms with van der Waals surface area (Å²) in [4.78, 5) is 32.1. The highest BCUT2D eigenvalue weighted by Crippen LogP contribution is 2.40. The van der Waals surface area contributed by atoms with Crippen LogP contribution in [0.3, 0.4) is 0 Å². The number of benzene rings is 2. The summed E-state index contributed by atoms with van der Waals surface area (Å²) in [5, 5.41) is 3.60. The quantitative estimate of drug-likeness (QED) is 0.199. The summed E-state index contributed by atoms with van der Waals surface area (Å²) in [5.74, 6) is 0.0153. The van der Waals surface area contributed by atoms with E-state index in [1.807, 2.05) is 34.5 Å². The number of hydrogen-bond donors (Lipinski definition) is 0. The maximum atomic E-state index is 16.0. The molecule has 8 nitrogen and oxygen atoms in total. The fourth-order valence-corrected chi connectivity index (χ4v) is 8.04. The van der Waals surface area contributed by atoms with E-state index < -0.39 is 0 Å². The van der Waals surface area contributed by atoms with E-state index >= 15 is 4.39 Å². The van der Waals surface area contributed by atoms with Crippen molar-refractivity contribution < 1.29 is 13.9 Å². The smallest absolute Gasteiger partial charge is 0.319 e. The highest BCUT2D eigenvalue weighted by atomic mass is 32.1. The molecule has 7 rings (SSSR count). The molecule has 0 spiro atoms. The Balaban J connectivity index is 1.31. The predicted molar refractivity (Wildman–Crippen MR) is 168 cm³/mol. The first-order valence-electron chi connectivity index (χ1n) is 14.9. The van der Waals surface area contributed by atoms with Gasteiger partial charge in [-0.15, -0.1) is 11.3 Å². The minimum absolute atomic E-state index is 0.0262. The van der Waals surface area contributed by atoms with Crippen LogP contribution in [0.1, 0.15) is 25.7 Å². The number of thiophene rings is 1. The number of anilines is 1. The number of amides is 1. The SMILES string of the molecule is [C-]#[N+]C[C@H]1CN(c2nc(OCC34CCCN3CCC4)nc3cc(-c4cccc5sccc45)c(F)cc23)CCN1C(=O)C=C. The van der Waals surface area contributed by atoms with Crippen LogP contribution < -0.4 is 9.64 Å².